The summed E-state index contributed by atoms with van der Waals surface area (Å²) in [4.78, 5) is 49.8. The Kier molecular flexibility index (Phi) is 5.63. The molecule has 0 aromatic heterocycles. The van der Waals surface area contributed by atoms with Gasteiger partial charge in [0, 0.05) is 6.08 Å². The van der Waals surface area contributed by atoms with Gasteiger partial charge in [-0.05, 0) is 0 Å². The van der Waals surface area contributed by atoms with E-state index in [-0.39, 0.29) is 0 Å². The number of rotatable bonds is 6. The van der Waals surface area contributed by atoms with Crippen LogP contribution in [0.15, 0.2) is 27.6 Å². The van der Waals surface area contributed by atoms with Gasteiger partial charge in [0.2, 0.25) is 18.2 Å². The van der Waals surface area contributed by atoms with Gasteiger partial charge < -0.3 is 4.74 Å². The lowest BCUT2D eigenvalue weighted by Crippen LogP contribution is -2.29. The monoisotopic (exact) mass is 223 g/mol. The van der Waals surface area contributed by atoms with Crippen molar-refractivity contribution in [3.8, 4) is 0 Å². The summed E-state index contributed by atoms with van der Waals surface area (Å²) >= 11 is 0. The smallest absolute Gasteiger partial charge is 0.330 e. The molecule has 0 radical (unpaired) electrons. The second kappa shape index (κ2) is 6.75. The maximum atomic E-state index is 10.7. The number of esters is 1. The van der Waals surface area contributed by atoms with Gasteiger partial charge in [0.1, 0.15) is 0 Å². The highest BCUT2D eigenvalue weighted by Crippen LogP contribution is 2.14. The Labute approximate surface area is 89.0 Å². The second-order valence-corrected chi connectivity index (χ2v) is 2.20. The van der Waals surface area contributed by atoms with Gasteiger partial charge in [0.25, 0.3) is 0 Å². The van der Waals surface area contributed by atoms with Crippen molar-refractivity contribution >= 4 is 24.2 Å². The van der Waals surface area contributed by atoms with Crippen molar-refractivity contribution in [1.29, 1.82) is 0 Å². The fourth-order valence-corrected chi connectivity index (χ4v) is 0.618. The topological polar surface area (TPSA) is 115 Å². The summed E-state index contributed by atoms with van der Waals surface area (Å²) in [6, 6.07) is 0. The molecule has 0 heterocycles. The highest BCUT2D eigenvalue weighted by atomic mass is 16.5. The summed E-state index contributed by atoms with van der Waals surface area (Å²) in [7, 11) is 0. The molecule has 0 aromatic rings. The molecule has 0 aliphatic heterocycles. The molecular formula is C8H5N3O5. The van der Waals surface area contributed by atoms with E-state index in [0.717, 1.165) is 24.3 Å². The summed E-state index contributed by atoms with van der Waals surface area (Å²) in [6.07, 6.45) is 3.92. The summed E-state index contributed by atoms with van der Waals surface area (Å²) in [6.45, 7) is 2.36. The van der Waals surface area contributed by atoms with E-state index >= 15 is 0 Å². The molecule has 0 saturated heterocycles. The molecule has 0 amide bonds. The van der Waals surface area contributed by atoms with Gasteiger partial charge in [0.05, 0.1) is 0 Å². The highest BCUT2D eigenvalue weighted by molar-refractivity contribution is 5.81. The van der Waals surface area contributed by atoms with Crippen LogP contribution in [0.1, 0.15) is 0 Å². The number of ether oxygens (including phenoxy) is 1. The molecule has 0 bridgehead atoms. The van der Waals surface area contributed by atoms with Crippen molar-refractivity contribution < 1.29 is 23.9 Å². The van der Waals surface area contributed by atoms with Crippen molar-refractivity contribution in [3.63, 3.8) is 0 Å². The molecule has 0 saturated carbocycles. The third-order valence-corrected chi connectivity index (χ3v) is 1.25. The van der Waals surface area contributed by atoms with E-state index in [2.05, 4.69) is 26.3 Å². The largest absolute Gasteiger partial charge is 0.456 e. The van der Waals surface area contributed by atoms with Crippen LogP contribution < -0.4 is 0 Å². The summed E-state index contributed by atoms with van der Waals surface area (Å²) in [5.41, 5.74) is 0. The van der Waals surface area contributed by atoms with Gasteiger partial charge in [0.15, 0.2) is 6.61 Å². The normalized spacial score (nSPS) is 11.8. The average Bonchev–Trinajstić information content (AvgIpc) is 2.27. The zero-order valence-corrected chi connectivity index (χ0v) is 7.87. The van der Waals surface area contributed by atoms with Crippen molar-refractivity contribution in [2.45, 2.75) is 5.79 Å². The molecular weight excluding hydrogens is 218 g/mol. The maximum absolute atomic E-state index is 10.7. The molecule has 0 fully saturated rings. The first-order valence-corrected chi connectivity index (χ1v) is 3.70. The molecule has 8 heteroatoms. The number of aliphatic imine (C=N–C) groups is 3. The van der Waals surface area contributed by atoms with Crippen LogP contribution in [-0.4, -0.2) is 36.6 Å². The lowest BCUT2D eigenvalue weighted by atomic mass is 10.4. The zero-order chi connectivity index (χ0) is 12.4. The van der Waals surface area contributed by atoms with E-state index < -0.39 is 18.4 Å². The first kappa shape index (κ1) is 13.4. The molecule has 16 heavy (non-hydrogen) atoms. The Morgan fingerprint density at radius 3 is 1.94 bits per heavy atom. The first-order valence-electron chi connectivity index (χ1n) is 3.70. The van der Waals surface area contributed by atoms with Gasteiger partial charge in [-0.15, -0.1) is 15.0 Å². The Bertz CT molecular complexity index is 379. The van der Waals surface area contributed by atoms with E-state index in [0.29, 0.717) is 0 Å². The van der Waals surface area contributed by atoms with E-state index in [1.54, 1.807) is 0 Å². The molecule has 0 N–H and O–H groups in total. The van der Waals surface area contributed by atoms with E-state index in [9.17, 15) is 19.2 Å². The minimum Gasteiger partial charge on any atom is -0.456 e. The Morgan fingerprint density at radius 1 is 1.19 bits per heavy atom. The number of carbonyl (C=O) groups excluding carboxylic acids is 4. The van der Waals surface area contributed by atoms with Crippen LogP contribution in [0.2, 0.25) is 0 Å². The minimum absolute atomic E-state index is 0.739. The fraction of sp³-hybridized carbons (Fsp3) is 0.250. The number of isocyanates is 3. The predicted octanol–water partition coefficient (Wildman–Crippen LogP) is -0.623. The van der Waals surface area contributed by atoms with Gasteiger partial charge in [-0.3, -0.25) is 0 Å². The molecule has 0 spiro atoms. The van der Waals surface area contributed by atoms with Crippen LogP contribution in [0, 0.1) is 0 Å². The predicted molar refractivity (Wildman–Crippen MR) is 48.3 cm³/mol. The van der Waals surface area contributed by atoms with Crippen LogP contribution in [0.25, 0.3) is 0 Å². The van der Waals surface area contributed by atoms with Crippen LogP contribution in [0.3, 0.4) is 0 Å². The first-order chi connectivity index (χ1) is 7.64. The minimum atomic E-state index is -2.20. The van der Waals surface area contributed by atoms with Crippen molar-refractivity contribution in [3.05, 3.63) is 12.7 Å². The van der Waals surface area contributed by atoms with Gasteiger partial charge >= 0.3 is 11.8 Å². The van der Waals surface area contributed by atoms with Crippen molar-refractivity contribution in [2.24, 2.45) is 15.0 Å². The molecule has 82 valence electrons. The van der Waals surface area contributed by atoms with Crippen LogP contribution in [0.4, 0.5) is 0 Å². The molecule has 0 rings (SSSR count). The van der Waals surface area contributed by atoms with E-state index in [4.69, 9.17) is 0 Å². The molecule has 0 atom stereocenters. The van der Waals surface area contributed by atoms with Crippen LogP contribution in [-0.2, 0) is 23.9 Å². The molecule has 8 nitrogen and oxygen atoms in total. The SMILES string of the molecule is C=CC(=O)OCC(N=C=O)(N=C=O)N=C=O. The van der Waals surface area contributed by atoms with E-state index in [1.165, 1.54) is 0 Å². The quantitative estimate of drug-likeness (QED) is 0.257. The molecule has 0 aliphatic carbocycles. The Morgan fingerprint density at radius 2 is 1.62 bits per heavy atom. The summed E-state index contributed by atoms with van der Waals surface area (Å²) < 4.78 is 4.44. The van der Waals surface area contributed by atoms with Crippen molar-refractivity contribution in [2.75, 3.05) is 6.61 Å². The molecule has 0 aliphatic rings. The number of nitrogens with zero attached hydrogens (tertiary/aromatic N) is 3. The Hall–Kier alpha value is -2.65. The lowest BCUT2D eigenvalue weighted by molar-refractivity contribution is -0.139. The lowest BCUT2D eigenvalue weighted by Gasteiger charge is -2.13. The third kappa shape index (κ3) is 4.04. The summed E-state index contributed by atoms with van der Waals surface area (Å²) in [5.74, 6) is -3.07. The number of carbonyl (C=O) groups is 1. The number of hydrogen-bond acceptors (Lipinski definition) is 8. The van der Waals surface area contributed by atoms with Crippen LogP contribution >= 0.6 is 0 Å². The number of hydrogen-bond donors (Lipinski definition) is 0. The van der Waals surface area contributed by atoms with E-state index in [1.807, 2.05) is 0 Å². The highest BCUT2D eigenvalue weighted by Gasteiger charge is 2.31. The fourth-order valence-electron chi connectivity index (χ4n) is 0.618. The second-order valence-electron chi connectivity index (χ2n) is 2.20. The third-order valence-electron chi connectivity index (χ3n) is 1.25. The standard InChI is InChI=1S/C8H5N3O5/c1-2-7(15)16-3-8(9-4-12,10-5-13)11-6-14/h2H,1,3H2. The van der Waals surface area contributed by atoms with Crippen LogP contribution in [0.5, 0.6) is 0 Å². The van der Waals surface area contributed by atoms with Gasteiger partial charge in [-0.25, -0.2) is 19.2 Å². The Balaban J connectivity index is 5.10. The molecule has 0 unspecified atom stereocenters. The average molecular weight is 223 g/mol. The zero-order valence-electron chi connectivity index (χ0n) is 7.87. The summed E-state index contributed by atoms with van der Waals surface area (Å²) in [5, 5.41) is 0. The molecule has 0 aromatic carbocycles. The maximum Gasteiger partial charge on any atom is 0.330 e. The van der Waals surface area contributed by atoms with Crippen molar-refractivity contribution in [1.82, 2.24) is 0 Å². The van der Waals surface area contributed by atoms with Gasteiger partial charge in [-0.1, -0.05) is 6.58 Å². The van der Waals surface area contributed by atoms with Gasteiger partial charge in [-0.2, -0.15) is 0 Å².